The molecule has 1 heterocycles. The van der Waals surface area contributed by atoms with Crippen LogP contribution in [0.2, 0.25) is 0 Å². The van der Waals surface area contributed by atoms with Gasteiger partial charge < -0.3 is 9.45 Å². The molecule has 1 aromatic rings. The van der Waals surface area contributed by atoms with Crippen LogP contribution >= 0.6 is 0 Å². The lowest BCUT2D eigenvalue weighted by Crippen LogP contribution is -2.12. The fraction of sp³-hybridized carbons (Fsp3) is 0.333. The zero-order valence-electron chi connectivity index (χ0n) is 7.36. The van der Waals surface area contributed by atoms with Crippen molar-refractivity contribution in [3.05, 3.63) is 23.8 Å². The molecule has 1 N–H and O–H groups in total. The van der Waals surface area contributed by atoms with Crippen LogP contribution in [0.4, 0.5) is 5.69 Å². The topological polar surface area (TPSA) is 40.5 Å². The van der Waals surface area contributed by atoms with E-state index < -0.39 is 11.1 Å². The number of anilines is 1. The van der Waals surface area contributed by atoms with Gasteiger partial charge in [-0.25, -0.2) is 4.21 Å². The Hall–Kier alpha value is -0.870. The number of likely N-dealkylation sites (N-methyl/N-ethyl adjacent to an activating group) is 1. The van der Waals surface area contributed by atoms with E-state index in [9.17, 15) is 4.21 Å². The van der Waals surface area contributed by atoms with E-state index in [1.807, 2.05) is 13.1 Å². The van der Waals surface area contributed by atoms with Crippen LogP contribution in [0.5, 0.6) is 0 Å². The maximum absolute atomic E-state index is 10.8. The van der Waals surface area contributed by atoms with E-state index in [4.69, 9.17) is 4.55 Å². The Balaban J connectivity index is 2.47. The normalized spacial score (nSPS) is 17.2. The van der Waals surface area contributed by atoms with Gasteiger partial charge in [0.25, 0.3) is 0 Å². The molecule has 1 aliphatic heterocycles. The fourth-order valence-electron chi connectivity index (χ4n) is 1.63. The van der Waals surface area contributed by atoms with Crippen LogP contribution in [-0.4, -0.2) is 22.4 Å². The van der Waals surface area contributed by atoms with Crippen LogP contribution in [0.1, 0.15) is 5.56 Å². The maximum Gasteiger partial charge on any atom is 0.186 e. The van der Waals surface area contributed by atoms with Crippen LogP contribution in [-0.2, 0) is 17.5 Å². The number of benzene rings is 1. The lowest BCUT2D eigenvalue weighted by atomic mass is 10.2. The minimum Gasteiger partial charge on any atom is -0.374 e. The van der Waals surface area contributed by atoms with E-state index in [-0.39, 0.29) is 0 Å². The predicted molar refractivity (Wildman–Crippen MR) is 52.5 cm³/mol. The van der Waals surface area contributed by atoms with Gasteiger partial charge in [0.15, 0.2) is 11.1 Å². The smallest absolute Gasteiger partial charge is 0.186 e. The van der Waals surface area contributed by atoms with Gasteiger partial charge in [0.2, 0.25) is 0 Å². The molecule has 70 valence electrons. The number of hydrogen-bond donors (Lipinski definition) is 1. The summed E-state index contributed by atoms with van der Waals surface area (Å²) in [5, 5.41) is 0. The molecule has 4 heteroatoms. The zero-order valence-corrected chi connectivity index (χ0v) is 8.17. The third-order valence-electron chi connectivity index (χ3n) is 2.39. The molecule has 0 aliphatic carbocycles. The Kier molecular flexibility index (Phi) is 2.09. The lowest BCUT2D eigenvalue weighted by molar-refractivity contribution is 0.564. The van der Waals surface area contributed by atoms with Crippen molar-refractivity contribution in [1.82, 2.24) is 0 Å². The molecule has 1 aromatic carbocycles. The SMILES string of the molecule is CN1CCc2ccc(S(=O)O)cc21. The summed E-state index contributed by atoms with van der Waals surface area (Å²) in [5.41, 5.74) is 2.34. The molecule has 1 aliphatic rings. The molecule has 0 fully saturated rings. The largest absolute Gasteiger partial charge is 0.374 e. The second kappa shape index (κ2) is 3.12. The Morgan fingerprint density at radius 3 is 3.00 bits per heavy atom. The average Bonchev–Trinajstić information content (AvgIpc) is 2.47. The van der Waals surface area contributed by atoms with Crippen molar-refractivity contribution in [1.29, 1.82) is 0 Å². The first kappa shape index (κ1) is 8.72. The Morgan fingerprint density at radius 2 is 2.31 bits per heavy atom. The van der Waals surface area contributed by atoms with Crippen LogP contribution in [0, 0.1) is 0 Å². The van der Waals surface area contributed by atoms with Gasteiger partial charge in [-0.3, -0.25) is 0 Å². The van der Waals surface area contributed by atoms with Gasteiger partial charge >= 0.3 is 0 Å². The van der Waals surface area contributed by atoms with E-state index in [0.717, 1.165) is 18.7 Å². The number of rotatable bonds is 1. The molecule has 0 bridgehead atoms. The van der Waals surface area contributed by atoms with Crippen LogP contribution in [0.15, 0.2) is 23.1 Å². The van der Waals surface area contributed by atoms with Gasteiger partial charge in [0.05, 0.1) is 4.90 Å². The van der Waals surface area contributed by atoms with E-state index in [1.165, 1.54) is 5.56 Å². The molecule has 0 aromatic heterocycles. The Bertz CT molecular complexity index is 365. The highest BCUT2D eigenvalue weighted by Gasteiger charge is 2.16. The van der Waals surface area contributed by atoms with Gasteiger partial charge in [-0.1, -0.05) is 6.07 Å². The maximum atomic E-state index is 10.8. The van der Waals surface area contributed by atoms with Gasteiger partial charge in [-0.2, -0.15) is 0 Å². The quantitative estimate of drug-likeness (QED) is 0.689. The molecule has 0 spiro atoms. The second-order valence-corrected chi connectivity index (χ2v) is 4.18. The molecule has 13 heavy (non-hydrogen) atoms. The highest BCUT2D eigenvalue weighted by atomic mass is 32.2. The van der Waals surface area contributed by atoms with Crippen LogP contribution < -0.4 is 4.90 Å². The molecular formula is C9H11NO2S. The van der Waals surface area contributed by atoms with E-state index in [1.54, 1.807) is 12.1 Å². The summed E-state index contributed by atoms with van der Waals surface area (Å²) >= 11 is -1.86. The second-order valence-electron chi connectivity index (χ2n) is 3.21. The van der Waals surface area contributed by atoms with Crippen molar-refractivity contribution in [3.8, 4) is 0 Å². The molecule has 0 radical (unpaired) electrons. The van der Waals surface area contributed by atoms with Gasteiger partial charge in [-0.15, -0.1) is 0 Å². The first-order valence-electron chi connectivity index (χ1n) is 4.13. The Labute approximate surface area is 79.7 Å². The monoisotopic (exact) mass is 197 g/mol. The molecule has 2 rings (SSSR count). The highest BCUT2D eigenvalue weighted by Crippen LogP contribution is 2.28. The van der Waals surface area contributed by atoms with Crippen molar-refractivity contribution in [2.24, 2.45) is 0 Å². The highest BCUT2D eigenvalue weighted by molar-refractivity contribution is 7.79. The van der Waals surface area contributed by atoms with Crippen molar-refractivity contribution in [3.63, 3.8) is 0 Å². The fourth-order valence-corrected chi connectivity index (χ4v) is 2.02. The van der Waals surface area contributed by atoms with E-state index >= 15 is 0 Å². The summed E-state index contributed by atoms with van der Waals surface area (Å²) in [6.45, 7) is 0.997. The number of nitrogens with zero attached hydrogens (tertiary/aromatic N) is 1. The zero-order chi connectivity index (χ0) is 9.42. The number of hydrogen-bond acceptors (Lipinski definition) is 2. The molecule has 0 saturated carbocycles. The molecular weight excluding hydrogens is 186 g/mol. The standard InChI is InChI=1S/C9H11NO2S/c1-10-5-4-7-2-3-8(13(11)12)6-9(7)10/h2-3,6H,4-5H2,1H3,(H,11,12). The van der Waals surface area contributed by atoms with Crippen molar-refractivity contribution >= 4 is 16.8 Å². The van der Waals surface area contributed by atoms with E-state index in [2.05, 4.69) is 4.90 Å². The minimum atomic E-state index is -1.86. The Morgan fingerprint density at radius 1 is 1.54 bits per heavy atom. The molecule has 0 saturated heterocycles. The van der Waals surface area contributed by atoms with Gasteiger partial charge in [0.1, 0.15) is 0 Å². The third kappa shape index (κ3) is 1.47. The third-order valence-corrected chi connectivity index (χ3v) is 3.04. The number of fused-ring (bicyclic) bond motifs is 1. The van der Waals surface area contributed by atoms with Crippen LogP contribution in [0.25, 0.3) is 0 Å². The minimum absolute atomic E-state index is 0.479. The van der Waals surface area contributed by atoms with Gasteiger partial charge in [0, 0.05) is 19.3 Å². The molecule has 3 nitrogen and oxygen atoms in total. The molecule has 1 unspecified atom stereocenters. The van der Waals surface area contributed by atoms with E-state index in [0.29, 0.717) is 4.90 Å². The van der Waals surface area contributed by atoms with Crippen molar-refractivity contribution in [2.75, 3.05) is 18.5 Å². The first-order chi connectivity index (χ1) is 6.18. The van der Waals surface area contributed by atoms with Gasteiger partial charge in [-0.05, 0) is 24.1 Å². The van der Waals surface area contributed by atoms with Crippen molar-refractivity contribution < 1.29 is 8.76 Å². The van der Waals surface area contributed by atoms with Crippen LogP contribution in [0.3, 0.4) is 0 Å². The van der Waals surface area contributed by atoms with Crippen molar-refractivity contribution in [2.45, 2.75) is 11.3 Å². The summed E-state index contributed by atoms with van der Waals surface area (Å²) < 4.78 is 19.7. The summed E-state index contributed by atoms with van der Waals surface area (Å²) in [5.74, 6) is 0. The summed E-state index contributed by atoms with van der Waals surface area (Å²) in [4.78, 5) is 2.58. The lowest BCUT2D eigenvalue weighted by Gasteiger charge is -2.11. The summed E-state index contributed by atoms with van der Waals surface area (Å²) in [6.07, 6.45) is 1.03. The predicted octanol–water partition coefficient (Wildman–Crippen LogP) is 1.26. The first-order valence-corrected chi connectivity index (χ1v) is 5.24. The molecule has 1 atom stereocenters. The summed E-state index contributed by atoms with van der Waals surface area (Å²) in [6, 6.07) is 5.44. The molecule has 0 amide bonds. The average molecular weight is 197 g/mol. The summed E-state index contributed by atoms with van der Waals surface area (Å²) in [7, 11) is 2.00.